The van der Waals surface area contributed by atoms with E-state index in [9.17, 15) is 4.79 Å². The molecule has 0 spiro atoms. The lowest BCUT2D eigenvalue weighted by Gasteiger charge is -2.03. The van der Waals surface area contributed by atoms with Gasteiger partial charge in [-0.15, -0.1) is 0 Å². The minimum Gasteiger partial charge on any atom is -0.273 e. The van der Waals surface area contributed by atoms with Gasteiger partial charge in [-0.1, -0.05) is 25.1 Å². The van der Waals surface area contributed by atoms with Gasteiger partial charge in [-0.25, -0.2) is 9.67 Å². The van der Waals surface area contributed by atoms with Crippen LogP contribution < -0.4 is 5.36 Å². The highest BCUT2D eigenvalue weighted by atomic mass is 16.1. The van der Waals surface area contributed by atoms with Crippen molar-refractivity contribution < 1.29 is 4.79 Å². The molecule has 0 aliphatic carbocycles. The number of para-hydroxylation sites is 1. The maximum Gasteiger partial charge on any atom is 0.245 e. The highest BCUT2D eigenvalue weighted by molar-refractivity contribution is 5.76. The van der Waals surface area contributed by atoms with Crippen LogP contribution in [0.5, 0.6) is 0 Å². The van der Waals surface area contributed by atoms with Crippen LogP contribution in [0.4, 0.5) is 0 Å². The quantitative estimate of drug-likeness (QED) is 0.784. The molecule has 17 heavy (non-hydrogen) atoms. The Morgan fingerprint density at radius 2 is 2.06 bits per heavy atom. The summed E-state index contributed by atoms with van der Waals surface area (Å²) in [5.41, 5.74) is 0.973. The third-order valence-electron chi connectivity index (χ3n) is 2.28. The Labute approximate surface area is 99.3 Å². The summed E-state index contributed by atoms with van der Waals surface area (Å²) in [6, 6.07) is 11.5. The molecule has 0 fully saturated rings. The predicted octanol–water partition coefficient (Wildman–Crippen LogP) is 1.71. The molecule has 0 saturated heterocycles. The summed E-state index contributed by atoms with van der Waals surface area (Å²) in [6.45, 7) is 1.78. The number of aromatic nitrogens is 2. The van der Waals surface area contributed by atoms with Crippen LogP contribution in [0.15, 0.2) is 53.8 Å². The first-order valence-electron chi connectivity index (χ1n) is 5.47. The lowest BCUT2D eigenvalue weighted by Crippen LogP contribution is -2.10. The smallest absolute Gasteiger partial charge is 0.245 e. The van der Waals surface area contributed by atoms with Gasteiger partial charge in [0.15, 0.2) is 0 Å². The van der Waals surface area contributed by atoms with Crippen LogP contribution in [0, 0.1) is 0 Å². The highest BCUT2D eigenvalue weighted by Crippen LogP contribution is 2.02. The van der Waals surface area contributed by atoms with Crippen molar-refractivity contribution in [2.45, 2.75) is 13.3 Å². The molecule has 1 aromatic heterocycles. The van der Waals surface area contributed by atoms with Crippen LogP contribution in [0.1, 0.15) is 13.3 Å². The first-order valence-corrected chi connectivity index (χ1v) is 5.47. The van der Waals surface area contributed by atoms with E-state index in [1.165, 1.54) is 0 Å². The standard InChI is InChI=1S/C13H13N3O/c1-2-13(17)15-11-8-9-16(14-10-11)12-6-4-3-5-7-12/h3-10H,2H2,1H3/b15-11-. The van der Waals surface area contributed by atoms with E-state index in [2.05, 4.69) is 10.1 Å². The molecule has 0 saturated carbocycles. The molecule has 1 heterocycles. The van der Waals surface area contributed by atoms with E-state index in [0.717, 1.165) is 5.69 Å². The molecule has 0 N–H and O–H groups in total. The second kappa shape index (κ2) is 5.21. The molecule has 1 amide bonds. The molecule has 0 bridgehead atoms. The van der Waals surface area contributed by atoms with Crippen molar-refractivity contribution in [3.05, 3.63) is 54.1 Å². The van der Waals surface area contributed by atoms with Crippen molar-refractivity contribution >= 4 is 5.91 Å². The second-order valence-corrected chi connectivity index (χ2v) is 3.52. The number of carbonyl (C=O) groups is 1. The van der Waals surface area contributed by atoms with Crippen molar-refractivity contribution in [1.29, 1.82) is 0 Å². The minimum absolute atomic E-state index is 0.135. The van der Waals surface area contributed by atoms with E-state index in [1.54, 1.807) is 30.1 Å². The van der Waals surface area contributed by atoms with Gasteiger partial charge < -0.3 is 0 Å². The summed E-state index contributed by atoms with van der Waals surface area (Å²) < 4.78 is 1.73. The van der Waals surface area contributed by atoms with E-state index in [-0.39, 0.29) is 5.91 Å². The fourth-order valence-corrected chi connectivity index (χ4v) is 1.37. The van der Waals surface area contributed by atoms with Crippen LogP contribution in [-0.2, 0) is 4.79 Å². The highest BCUT2D eigenvalue weighted by Gasteiger charge is 1.94. The molecule has 86 valence electrons. The number of hydrogen-bond donors (Lipinski definition) is 0. The molecule has 0 aliphatic rings. The van der Waals surface area contributed by atoms with E-state index in [4.69, 9.17) is 0 Å². The molecule has 0 atom stereocenters. The summed E-state index contributed by atoms with van der Waals surface area (Å²) in [5, 5.41) is 4.79. The molecule has 4 heteroatoms. The Morgan fingerprint density at radius 1 is 1.29 bits per heavy atom. The summed E-state index contributed by atoms with van der Waals surface area (Å²) in [7, 11) is 0. The number of nitrogens with zero attached hydrogens (tertiary/aromatic N) is 3. The van der Waals surface area contributed by atoms with E-state index >= 15 is 0 Å². The molecule has 2 rings (SSSR count). The molecule has 1 aromatic carbocycles. The summed E-state index contributed by atoms with van der Waals surface area (Å²) in [6.07, 6.45) is 3.78. The Bertz CT molecular complexity index is 552. The first kappa shape index (κ1) is 11.3. The SMILES string of the molecule is CCC(=O)/N=c1/ccn(-c2ccccc2)nc1. The fourth-order valence-electron chi connectivity index (χ4n) is 1.37. The van der Waals surface area contributed by atoms with Gasteiger partial charge in [-0.2, -0.15) is 5.10 Å². The molecule has 4 nitrogen and oxygen atoms in total. The number of amides is 1. The van der Waals surface area contributed by atoms with Crippen LogP contribution in [0.3, 0.4) is 0 Å². The lowest BCUT2D eigenvalue weighted by atomic mass is 10.3. The molecule has 0 radical (unpaired) electrons. The van der Waals surface area contributed by atoms with Crippen LogP contribution in [-0.4, -0.2) is 15.7 Å². The van der Waals surface area contributed by atoms with Gasteiger partial charge in [0.05, 0.1) is 17.2 Å². The predicted molar refractivity (Wildman–Crippen MR) is 64.4 cm³/mol. The maximum atomic E-state index is 11.1. The first-order chi connectivity index (χ1) is 8.29. The van der Waals surface area contributed by atoms with Crippen molar-refractivity contribution in [2.75, 3.05) is 0 Å². The van der Waals surface area contributed by atoms with E-state index in [0.29, 0.717) is 11.8 Å². The van der Waals surface area contributed by atoms with Gasteiger partial charge in [-0.3, -0.25) is 4.79 Å². The Morgan fingerprint density at radius 3 is 2.65 bits per heavy atom. The molecule has 0 aliphatic heterocycles. The van der Waals surface area contributed by atoms with E-state index < -0.39 is 0 Å². The minimum atomic E-state index is -0.135. The zero-order chi connectivity index (χ0) is 12.1. The number of rotatable bonds is 2. The Hall–Kier alpha value is -2.23. The third-order valence-corrected chi connectivity index (χ3v) is 2.28. The Balaban J connectivity index is 2.31. The number of hydrogen-bond acceptors (Lipinski definition) is 2. The van der Waals surface area contributed by atoms with Gasteiger partial charge in [0.2, 0.25) is 5.91 Å². The van der Waals surface area contributed by atoms with Crippen molar-refractivity contribution in [3.8, 4) is 5.69 Å². The normalized spacial score (nSPS) is 11.5. The average molecular weight is 227 g/mol. The summed E-state index contributed by atoms with van der Waals surface area (Å²) in [5.74, 6) is -0.135. The summed E-state index contributed by atoms with van der Waals surface area (Å²) >= 11 is 0. The molecule has 2 aromatic rings. The largest absolute Gasteiger partial charge is 0.273 e. The molecular weight excluding hydrogens is 214 g/mol. The average Bonchev–Trinajstić information content (AvgIpc) is 2.40. The molecule has 0 unspecified atom stereocenters. The third kappa shape index (κ3) is 2.87. The Kier molecular flexibility index (Phi) is 3.45. The topological polar surface area (TPSA) is 47.2 Å². The second-order valence-electron chi connectivity index (χ2n) is 3.52. The molecular formula is C13H13N3O. The maximum absolute atomic E-state index is 11.1. The number of benzene rings is 1. The van der Waals surface area contributed by atoms with Gasteiger partial charge in [-0.05, 0) is 18.2 Å². The van der Waals surface area contributed by atoms with Gasteiger partial charge in [0, 0.05) is 12.6 Å². The van der Waals surface area contributed by atoms with Gasteiger partial charge >= 0.3 is 0 Å². The van der Waals surface area contributed by atoms with Crippen molar-refractivity contribution in [3.63, 3.8) is 0 Å². The fraction of sp³-hybridized carbons (Fsp3) is 0.154. The van der Waals surface area contributed by atoms with Crippen molar-refractivity contribution in [1.82, 2.24) is 9.78 Å². The number of carbonyl (C=O) groups excluding carboxylic acids is 1. The van der Waals surface area contributed by atoms with Gasteiger partial charge in [0.1, 0.15) is 0 Å². The van der Waals surface area contributed by atoms with E-state index in [1.807, 2.05) is 30.3 Å². The van der Waals surface area contributed by atoms with Crippen LogP contribution >= 0.6 is 0 Å². The zero-order valence-corrected chi connectivity index (χ0v) is 9.58. The van der Waals surface area contributed by atoms with Crippen molar-refractivity contribution in [2.24, 2.45) is 4.99 Å². The monoisotopic (exact) mass is 227 g/mol. The zero-order valence-electron chi connectivity index (χ0n) is 9.58. The van der Waals surface area contributed by atoms with Crippen LogP contribution in [0.2, 0.25) is 0 Å². The lowest BCUT2D eigenvalue weighted by molar-refractivity contribution is -0.117. The van der Waals surface area contributed by atoms with Gasteiger partial charge in [0.25, 0.3) is 0 Å². The van der Waals surface area contributed by atoms with Crippen LogP contribution in [0.25, 0.3) is 5.69 Å². The summed E-state index contributed by atoms with van der Waals surface area (Å²) in [4.78, 5) is 15.0.